The van der Waals surface area contributed by atoms with E-state index < -0.39 is 44.6 Å². The first-order chi connectivity index (χ1) is 18.3. The Morgan fingerprint density at radius 1 is 0.897 bits per heavy atom. The van der Waals surface area contributed by atoms with Gasteiger partial charge in [-0.2, -0.15) is 17.9 Å². The second-order valence-electron chi connectivity index (χ2n) is 9.38. The molecule has 0 heterocycles. The summed E-state index contributed by atoms with van der Waals surface area (Å²) in [6.07, 6.45) is -5.00. The van der Waals surface area contributed by atoms with Gasteiger partial charge in [-0.05, 0) is 63.7 Å². The van der Waals surface area contributed by atoms with Crippen LogP contribution in [0.25, 0.3) is 21.9 Å². The van der Waals surface area contributed by atoms with Crippen molar-refractivity contribution >= 4 is 26.8 Å². The van der Waals surface area contributed by atoms with Crippen LogP contribution in [0.2, 0.25) is 0 Å². The largest absolute Gasteiger partial charge is 0.489 e. The quantitative estimate of drug-likeness (QED) is 0.245. The van der Waals surface area contributed by atoms with E-state index in [9.17, 15) is 31.5 Å². The molecule has 0 aliphatic heterocycles. The fraction of sp³-hybridized carbons (Fsp3) is 0.207. The van der Waals surface area contributed by atoms with Gasteiger partial charge in [0.25, 0.3) is 0 Å². The first-order valence-corrected chi connectivity index (χ1v) is 13.5. The molecular formula is C29H26F3NO5S. The minimum absolute atomic E-state index is 0.140. The van der Waals surface area contributed by atoms with Crippen LogP contribution in [-0.2, 0) is 27.6 Å². The van der Waals surface area contributed by atoms with Crippen LogP contribution in [0.3, 0.4) is 0 Å². The average molecular weight is 558 g/mol. The first kappa shape index (κ1) is 28.1. The van der Waals surface area contributed by atoms with Crippen molar-refractivity contribution in [2.24, 2.45) is 5.92 Å². The van der Waals surface area contributed by atoms with Gasteiger partial charge in [-0.25, -0.2) is 8.42 Å². The zero-order chi connectivity index (χ0) is 28.4. The molecular weight excluding hydrogens is 531 g/mol. The fourth-order valence-corrected chi connectivity index (χ4v) is 5.65. The molecule has 4 rings (SSSR count). The highest BCUT2D eigenvalue weighted by molar-refractivity contribution is 7.89. The number of ether oxygens (including phenoxy) is 1. The number of carbonyl (C=O) groups is 1. The van der Waals surface area contributed by atoms with Crippen molar-refractivity contribution in [3.05, 3.63) is 96.1 Å². The van der Waals surface area contributed by atoms with Gasteiger partial charge in [-0.15, -0.1) is 0 Å². The van der Waals surface area contributed by atoms with Crippen LogP contribution >= 0.6 is 0 Å². The SMILES string of the molecule is CC(C)[C@@H](NS(=O)(=O)c1ccc(-c2ccc(OCc3ccc4ccccc4c3)cc2)cc1C(F)(F)F)C(=O)O. The number of halogens is 3. The molecule has 0 aliphatic carbocycles. The summed E-state index contributed by atoms with van der Waals surface area (Å²) in [7, 11) is -4.79. The highest BCUT2D eigenvalue weighted by Gasteiger charge is 2.39. The van der Waals surface area contributed by atoms with Gasteiger partial charge in [-0.1, -0.05) is 68.4 Å². The van der Waals surface area contributed by atoms with Crippen molar-refractivity contribution in [3.8, 4) is 16.9 Å². The smallest absolute Gasteiger partial charge is 0.417 e. The second-order valence-corrected chi connectivity index (χ2v) is 11.1. The van der Waals surface area contributed by atoms with E-state index in [4.69, 9.17) is 4.74 Å². The Hall–Kier alpha value is -3.89. The molecule has 0 saturated heterocycles. The predicted octanol–water partition coefficient (Wildman–Crippen LogP) is 6.49. The number of carboxylic acids is 1. The van der Waals surface area contributed by atoms with Gasteiger partial charge in [0, 0.05) is 0 Å². The Bertz CT molecular complexity index is 1600. The van der Waals surface area contributed by atoms with Gasteiger partial charge in [0.05, 0.1) is 10.5 Å². The van der Waals surface area contributed by atoms with Gasteiger partial charge < -0.3 is 9.84 Å². The van der Waals surface area contributed by atoms with Crippen molar-refractivity contribution in [1.29, 1.82) is 0 Å². The van der Waals surface area contributed by atoms with Crippen molar-refractivity contribution in [2.45, 2.75) is 37.6 Å². The number of carboxylic acid groups (broad SMARTS) is 1. The third-order valence-electron chi connectivity index (χ3n) is 6.20. The third kappa shape index (κ3) is 6.58. The topological polar surface area (TPSA) is 92.7 Å². The van der Waals surface area contributed by atoms with Crippen LogP contribution in [0, 0.1) is 5.92 Å². The van der Waals surface area contributed by atoms with Gasteiger partial charge in [-0.3, -0.25) is 4.79 Å². The average Bonchev–Trinajstić information content (AvgIpc) is 2.89. The summed E-state index contributed by atoms with van der Waals surface area (Å²) in [5.74, 6) is -1.66. The van der Waals surface area contributed by atoms with E-state index in [2.05, 4.69) is 0 Å². The molecule has 0 radical (unpaired) electrons. The van der Waals surface area contributed by atoms with E-state index in [0.717, 1.165) is 28.5 Å². The van der Waals surface area contributed by atoms with Gasteiger partial charge in [0.2, 0.25) is 10.0 Å². The Morgan fingerprint density at radius 2 is 1.54 bits per heavy atom. The number of benzene rings is 4. The van der Waals surface area contributed by atoms with E-state index >= 15 is 0 Å². The second kappa shape index (κ2) is 11.1. The van der Waals surface area contributed by atoms with Crippen LogP contribution in [-0.4, -0.2) is 25.5 Å². The molecule has 0 aromatic heterocycles. The lowest BCUT2D eigenvalue weighted by molar-refractivity contribution is -0.140. The van der Waals surface area contributed by atoms with E-state index in [-0.39, 0.29) is 5.56 Å². The molecule has 1 atom stereocenters. The molecule has 0 spiro atoms. The summed E-state index contributed by atoms with van der Waals surface area (Å²) in [5.41, 5.74) is 0.125. The summed E-state index contributed by atoms with van der Waals surface area (Å²) in [5, 5.41) is 11.5. The maximum absolute atomic E-state index is 13.9. The van der Waals surface area contributed by atoms with Crippen LogP contribution in [0.15, 0.2) is 89.8 Å². The lowest BCUT2D eigenvalue weighted by atomic mass is 10.0. The van der Waals surface area contributed by atoms with Crippen molar-refractivity contribution < 1.29 is 36.2 Å². The number of nitrogens with one attached hydrogen (secondary N) is 1. The van der Waals surface area contributed by atoms with Crippen LogP contribution < -0.4 is 9.46 Å². The predicted molar refractivity (Wildman–Crippen MR) is 142 cm³/mol. The molecule has 2 N–H and O–H groups in total. The lowest BCUT2D eigenvalue weighted by Crippen LogP contribution is -2.44. The molecule has 0 aliphatic rings. The molecule has 0 bridgehead atoms. The van der Waals surface area contributed by atoms with Crippen molar-refractivity contribution in [1.82, 2.24) is 4.72 Å². The number of fused-ring (bicyclic) bond motifs is 1. The Balaban J connectivity index is 1.56. The molecule has 6 nitrogen and oxygen atoms in total. The van der Waals surface area contributed by atoms with Gasteiger partial charge in [0.15, 0.2) is 0 Å². The number of alkyl halides is 3. The zero-order valence-corrected chi connectivity index (χ0v) is 21.9. The van der Waals surface area contributed by atoms with E-state index in [1.165, 1.54) is 19.9 Å². The van der Waals surface area contributed by atoms with E-state index in [0.29, 0.717) is 17.9 Å². The fourth-order valence-electron chi connectivity index (χ4n) is 4.11. The molecule has 10 heteroatoms. The Morgan fingerprint density at radius 3 is 2.15 bits per heavy atom. The monoisotopic (exact) mass is 557 g/mol. The lowest BCUT2D eigenvalue weighted by Gasteiger charge is -2.20. The molecule has 0 amide bonds. The maximum Gasteiger partial charge on any atom is 0.417 e. The van der Waals surface area contributed by atoms with Gasteiger partial charge in [0.1, 0.15) is 18.4 Å². The summed E-state index contributed by atoms with van der Waals surface area (Å²) >= 11 is 0. The molecule has 4 aromatic carbocycles. The Kier molecular flexibility index (Phi) is 7.99. The number of hydrogen-bond donors (Lipinski definition) is 2. The number of rotatable bonds is 9. The highest BCUT2D eigenvalue weighted by atomic mass is 32.2. The molecule has 39 heavy (non-hydrogen) atoms. The van der Waals surface area contributed by atoms with Crippen LogP contribution in [0.4, 0.5) is 13.2 Å². The molecule has 0 unspecified atom stereocenters. The minimum Gasteiger partial charge on any atom is -0.489 e. The number of aliphatic carboxylic acids is 1. The van der Waals surface area contributed by atoms with Crippen molar-refractivity contribution in [3.63, 3.8) is 0 Å². The molecule has 4 aromatic rings. The highest BCUT2D eigenvalue weighted by Crippen LogP contribution is 2.37. The molecule has 0 saturated carbocycles. The zero-order valence-electron chi connectivity index (χ0n) is 21.1. The standard InChI is InChI=1S/C29H26F3NO5S/c1-18(2)27(28(34)35)33-39(36,37)26-14-11-23(16-25(26)29(30,31)32)21-9-12-24(13-10-21)38-17-19-7-8-20-5-3-4-6-22(20)15-19/h3-16,18,27,33H,17H2,1-2H3,(H,34,35)/t27-/m1/s1. The maximum atomic E-state index is 13.9. The third-order valence-corrected chi connectivity index (χ3v) is 7.70. The summed E-state index contributed by atoms with van der Waals surface area (Å²) < 4.78 is 75.0. The Labute approximate surface area is 224 Å². The first-order valence-electron chi connectivity index (χ1n) is 12.0. The van der Waals surface area contributed by atoms with E-state index in [1.807, 2.05) is 47.2 Å². The molecule has 0 fully saturated rings. The summed E-state index contributed by atoms with van der Waals surface area (Å²) in [6, 6.07) is 21.6. The van der Waals surface area contributed by atoms with Crippen LogP contribution in [0.5, 0.6) is 5.75 Å². The van der Waals surface area contributed by atoms with Gasteiger partial charge >= 0.3 is 12.1 Å². The van der Waals surface area contributed by atoms with Crippen LogP contribution in [0.1, 0.15) is 25.0 Å². The minimum atomic E-state index is -5.00. The summed E-state index contributed by atoms with van der Waals surface area (Å²) in [6.45, 7) is 3.20. The molecule has 204 valence electrons. The summed E-state index contributed by atoms with van der Waals surface area (Å²) in [4.78, 5) is 10.4. The van der Waals surface area contributed by atoms with Crippen molar-refractivity contribution in [2.75, 3.05) is 0 Å². The number of hydrogen-bond acceptors (Lipinski definition) is 4. The van der Waals surface area contributed by atoms with E-state index in [1.54, 1.807) is 24.3 Å². The number of sulfonamides is 1. The normalized spacial score (nSPS) is 13.0.